The van der Waals surface area contributed by atoms with E-state index in [0.717, 1.165) is 0 Å². The van der Waals surface area contributed by atoms with Crippen LogP contribution in [0.4, 0.5) is 0 Å². The van der Waals surface area contributed by atoms with E-state index in [0.29, 0.717) is 13.1 Å². The Kier molecular flexibility index (Phi) is 11.4. The van der Waals surface area contributed by atoms with Gasteiger partial charge in [-0.25, -0.2) is 0 Å². The summed E-state index contributed by atoms with van der Waals surface area (Å²) < 4.78 is 15.4. The smallest absolute Gasteiger partial charge is 0.323 e. The second kappa shape index (κ2) is 12.9. The van der Waals surface area contributed by atoms with Gasteiger partial charge in [-0.3, -0.25) is 29.5 Å². The highest BCUT2D eigenvalue weighted by molar-refractivity contribution is 5.76. The molecule has 0 aromatic carbocycles. The van der Waals surface area contributed by atoms with E-state index in [9.17, 15) is 19.5 Å². The fraction of sp³-hybridized carbons (Fsp3) is 0.857. The zero-order chi connectivity index (χ0) is 23.6. The Morgan fingerprint density at radius 2 is 1.23 bits per heavy atom. The highest BCUT2D eigenvalue weighted by Gasteiger charge is 2.43. The van der Waals surface area contributed by atoms with Gasteiger partial charge in [0.2, 0.25) is 0 Å². The average molecular weight is 446 g/mol. The molecule has 0 aliphatic carbocycles. The molecule has 3 atom stereocenters. The molecule has 2 N–H and O–H groups in total. The number of carbonyl (C=O) groups is 3. The maximum absolute atomic E-state index is 12.4. The molecule has 31 heavy (non-hydrogen) atoms. The number of carbonyl (C=O) groups excluding carboxylic acids is 3. The minimum absolute atomic E-state index is 0.245. The third-order valence-electron chi connectivity index (χ3n) is 5.50. The Morgan fingerprint density at radius 3 is 1.58 bits per heavy atom. The molecule has 1 aliphatic heterocycles. The summed E-state index contributed by atoms with van der Waals surface area (Å²) in [6, 6.07) is -1.79. The van der Waals surface area contributed by atoms with Crippen LogP contribution in [0.1, 0.15) is 41.5 Å². The second-order valence-electron chi connectivity index (χ2n) is 7.85. The minimum atomic E-state index is -0.982. The highest BCUT2D eigenvalue weighted by Crippen LogP contribution is 2.20. The van der Waals surface area contributed by atoms with Gasteiger partial charge in [-0.15, -0.1) is 0 Å². The zero-order valence-electron chi connectivity index (χ0n) is 19.7. The number of aliphatic hydroxyl groups excluding tert-OH is 1. The Morgan fingerprint density at radius 1 is 0.839 bits per heavy atom. The predicted molar refractivity (Wildman–Crippen MR) is 114 cm³/mol. The number of rotatable bonds is 11. The Hall–Kier alpha value is -1.75. The first kappa shape index (κ1) is 27.3. The molecule has 0 aromatic heterocycles. The first-order chi connectivity index (χ1) is 14.6. The number of nitrogens with one attached hydrogen (secondary N) is 1. The summed E-state index contributed by atoms with van der Waals surface area (Å²) in [5.41, 5.74) is -0.982. The molecule has 0 spiro atoms. The monoisotopic (exact) mass is 445 g/mol. The predicted octanol–water partition coefficient (Wildman–Crippen LogP) is -0.220. The molecule has 10 nitrogen and oxygen atoms in total. The van der Waals surface area contributed by atoms with Gasteiger partial charge in [0.15, 0.2) is 0 Å². The van der Waals surface area contributed by atoms with E-state index in [4.69, 9.17) is 14.2 Å². The third kappa shape index (κ3) is 7.71. The van der Waals surface area contributed by atoms with E-state index in [1.807, 2.05) is 9.80 Å². The first-order valence-electron chi connectivity index (χ1n) is 11.0. The van der Waals surface area contributed by atoms with Crippen molar-refractivity contribution >= 4 is 17.9 Å². The summed E-state index contributed by atoms with van der Waals surface area (Å²) >= 11 is 0. The molecule has 0 bridgehead atoms. The Labute approximate surface area is 185 Å². The topological polar surface area (TPSA) is 118 Å². The lowest BCUT2D eigenvalue weighted by molar-refractivity contribution is -0.150. The van der Waals surface area contributed by atoms with E-state index < -0.39 is 29.6 Å². The van der Waals surface area contributed by atoms with Crippen LogP contribution in [0.25, 0.3) is 0 Å². The van der Waals surface area contributed by atoms with E-state index in [2.05, 4.69) is 5.32 Å². The lowest BCUT2D eigenvalue weighted by atomic mass is 9.96. The van der Waals surface area contributed by atoms with Crippen LogP contribution in [-0.4, -0.2) is 109 Å². The molecule has 0 unspecified atom stereocenters. The van der Waals surface area contributed by atoms with Crippen LogP contribution in [-0.2, 0) is 28.6 Å². The van der Waals surface area contributed by atoms with Crippen LogP contribution in [0.15, 0.2) is 0 Å². The highest BCUT2D eigenvalue weighted by atomic mass is 16.5. The average Bonchev–Trinajstić information content (AvgIpc) is 2.93. The van der Waals surface area contributed by atoms with Crippen LogP contribution in [0.5, 0.6) is 0 Å². The summed E-state index contributed by atoms with van der Waals surface area (Å²) in [7, 11) is 0. The third-order valence-corrected chi connectivity index (χ3v) is 5.50. The molecule has 1 rings (SSSR count). The van der Waals surface area contributed by atoms with Crippen molar-refractivity contribution in [2.45, 2.75) is 65.2 Å². The van der Waals surface area contributed by atoms with E-state index >= 15 is 0 Å². The maximum atomic E-state index is 12.4. The summed E-state index contributed by atoms with van der Waals surface area (Å²) in [6.45, 7) is 12.4. The molecule has 0 saturated carbocycles. The summed E-state index contributed by atoms with van der Waals surface area (Å²) in [4.78, 5) is 40.8. The van der Waals surface area contributed by atoms with Gasteiger partial charge in [-0.2, -0.15) is 0 Å². The van der Waals surface area contributed by atoms with Crippen molar-refractivity contribution < 1.29 is 33.7 Å². The van der Waals surface area contributed by atoms with Crippen LogP contribution >= 0.6 is 0 Å². The van der Waals surface area contributed by atoms with Crippen LogP contribution < -0.4 is 5.32 Å². The summed E-state index contributed by atoms with van der Waals surface area (Å²) in [5.74, 6) is -1.16. The molecule has 0 aromatic rings. The standard InChI is InChI=1S/C21H39N3O7/c1-7-29-18(26)15(4)22-21(14-25)12-23(16(5)19(27)30-8-2)10-11-24(13-21)17(6)20(28)31-9-3/h15-17,22,25H,7-14H2,1-6H3/t15-,16-,17-/m0/s1. The number of nitrogens with zero attached hydrogens (tertiary/aromatic N) is 2. The van der Waals surface area contributed by atoms with Crippen molar-refractivity contribution in [2.24, 2.45) is 0 Å². The van der Waals surface area contributed by atoms with Crippen molar-refractivity contribution in [3.8, 4) is 0 Å². The van der Waals surface area contributed by atoms with Crippen molar-refractivity contribution in [3.63, 3.8) is 0 Å². The minimum Gasteiger partial charge on any atom is -0.465 e. The van der Waals surface area contributed by atoms with Crippen LogP contribution in [0, 0.1) is 0 Å². The molecule has 1 saturated heterocycles. The van der Waals surface area contributed by atoms with Gasteiger partial charge in [0.25, 0.3) is 0 Å². The second-order valence-corrected chi connectivity index (χ2v) is 7.85. The van der Waals surface area contributed by atoms with Gasteiger partial charge < -0.3 is 19.3 Å². The quantitative estimate of drug-likeness (QED) is 0.326. The van der Waals surface area contributed by atoms with Crippen molar-refractivity contribution in [2.75, 3.05) is 52.6 Å². The maximum Gasteiger partial charge on any atom is 0.323 e. The van der Waals surface area contributed by atoms with Crippen LogP contribution in [0.3, 0.4) is 0 Å². The normalized spacial score (nSPS) is 20.2. The number of esters is 3. The molecule has 1 fully saturated rings. The number of ether oxygens (including phenoxy) is 3. The number of hydrogen-bond donors (Lipinski definition) is 2. The van der Waals surface area contributed by atoms with Gasteiger partial charge in [0.05, 0.1) is 32.0 Å². The van der Waals surface area contributed by atoms with E-state index in [1.54, 1.807) is 41.5 Å². The van der Waals surface area contributed by atoms with Gasteiger partial charge in [0, 0.05) is 26.2 Å². The molecular formula is C21H39N3O7. The number of hydrogen-bond acceptors (Lipinski definition) is 10. The lowest BCUT2D eigenvalue weighted by Gasteiger charge is -2.40. The van der Waals surface area contributed by atoms with E-state index in [1.165, 1.54) is 0 Å². The molecule has 1 heterocycles. The molecule has 10 heteroatoms. The fourth-order valence-corrected chi connectivity index (χ4v) is 3.75. The summed E-state index contributed by atoms with van der Waals surface area (Å²) in [6.07, 6.45) is 0. The fourth-order valence-electron chi connectivity index (χ4n) is 3.75. The first-order valence-corrected chi connectivity index (χ1v) is 11.0. The van der Waals surface area contributed by atoms with Crippen molar-refractivity contribution in [1.29, 1.82) is 0 Å². The Bertz CT molecular complexity index is 568. The van der Waals surface area contributed by atoms with Gasteiger partial charge in [0.1, 0.15) is 18.1 Å². The van der Waals surface area contributed by atoms with Gasteiger partial charge >= 0.3 is 17.9 Å². The Balaban J connectivity index is 3.20. The molecule has 1 aliphatic rings. The molecule has 0 amide bonds. The lowest BCUT2D eigenvalue weighted by Crippen LogP contribution is -2.65. The SMILES string of the molecule is CCOC(=O)[C@H](C)NC1(CO)CN([C@@H](C)C(=O)OCC)CCN([C@@H](C)C(=O)OCC)C1. The zero-order valence-corrected chi connectivity index (χ0v) is 19.7. The van der Waals surface area contributed by atoms with Gasteiger partial charge in [-0.1, -0.05) is 0 Å². The van der Waals surface area contributed by atoms with E-state index in [-0.39, 0.29) is 51.5 Å². The van der Waals surface area contributed by atoms with Crippen molar-refractivity contribution in [1.82, 2.24) is 15.1 Å². The molecule has 0 radical (unpaired) electrons. The number of aliphatic hydroxyl groups is 1. The molecule has 180 valence electrons. The molecular weight excluding hydrogens is 406 g/mol. The largest absolute Gasteiger partial charge is 0.465 e. The van der Waals surface area contributed by atoms with Crippen LogP contribution in [0.2, 0.25) is 0 Å². The summed E-state index contributed by atoms with van der Waals surface area (Å²) in [5, 5.41) is 13.6. The van der Waals surface area contributed by atoms with Crippen molar-refractivity contribution in [3.05, 3.63) is 0 Å². The van der Waals surface area contributed by atoms with Gasteiger partial charge in [-0.05, 0) is 41.5 Å².